The summed E-state index contributed by atoms with van der Waals surface area (Å²) in [5.74, 6) is -1.40. The number of rotatable bonds is 4. The number of aromatic carboxylic acids is 1. The van der Waals surface area contributed by atoms with E-state index >= 15 is 0 Å². The molecule has 1 saturated heterocycles. The molecule has 1 heterocycles. The van der Waals surface area contributed by atoms with Crippen LogP contribution in [0.25, 0.3) is 0 Å². The number of hydrogen-bond donors (Lipinski definition) is 2. The highest BCUT2D eigenvalue weighted by Gasteiger charge is 2.34. The van der Waals surface area contributed by atoms with Crippen molar-refractivity contribution in [3.05, 3.63) is 33.9 Å². The Morgan fingerprint density at radius 3 is 2.76 bits per heavy atom. The van der Waals surface area contributed by atoms with Gasteiger partial charge in [-0.05, 0) is 25.0 Å². The number of nitro groups is 1. The first-order valence-corrected chi connectivity index (χ1v) is 6.45. The number of hydrogen-bond acceptors (Lipinski definition) is 5. The van der Waals surface area contributed by atoms with E-state index in [9.17, 15) is 19.7 Å². The summed E-state index contributed by atoms with van der Waals surface area (Å²) in [6.45, 7) is 0.474. The Balaban J connectivity index is 2.49. The number of amides is 1. The smallest absolute Gasteiger partial charge is 0.335 e. The molecule has 0 bridgehead atoms. The number of anilines is 1. The third-order valence-electron chi connectivity index (χ3n) is 3.53. The molecule has 0 aliphatic carbocycles. The van der Waals surface area contributed by atoms with E-state index in [1.807, 2.05) is 0 Å². The number of carboxylic acids is 1. The monoisotopic (exact) mass is 293 g/mol. The zero-order chi connectivity index (χ0) is 15.6. The van der Waals surface area contributed by atoms with Crippen molar-refractivity contribution in [2.75, 3.05) is 18.5 Å². The second-order valence-corrected chi connectivity index (χ2v) is 4.73. The Morgan fingerprint density at radius 2 is 2.19 bits per heavy atom. The summed E-state index contributed by atoms with van der Waals surface area (Å²) < 4.78 is 0. The lowest BCUT2D eigenvalue weighted by atomic mass is 10.1. The van der Waals surface area contributed by atoms with Gasteiger partial charge in [0.05, 0.1) is 10.5 Å². The van der Waals surface area contributed by atoms with E-state index in [-0.39, 0.29) is 22.8 Å². The van der Waals surface area contributed by atoms with Crippen molar-refractivity contribution in [3.63, 3.8) is 0 Å². The number of nitrogens with one attached hydrogen (secondary N) is 1. The number of nitrogens with zero attached hydrogens (tertiary/aromatic N) is 2. The predicted molar refractivity (Wildman–Crippen MR) is 74.5 cm³/mol. The Kier molecular flexibility index (Phi) is 4.06. The maximum absolute atomic E-state index is 11.9. The molecule has 2 rings (SSSR count). The van der Waals surface area contributed by atoms with E-state index in [2.05, 4.69) is 5.32 Å². The van der Waals surface area contributed by atoms with Crippen LogP contribution in [0, 0.1) is 10.1 Å². The zero-order valence-electron chi connectivity index (χ0n) is 11.4. The molecular formula is C13H15N3O5. The van der Waals surface area contributed by atoms with Crippen LogP contribution in [0.4, 0.5) is 11.4 Å². The second kappa shape index (κ2) is 5.78. The minimum Gasteiger partial charge on any atom is -0.478 e. The van der Waals surface area contributed by atoms with Crippen LogP contribution in [0.5, 0.6) is 0 Å². The summed E-state index contributed by atoms with van der Waals surface area (Å²) in [5, 5.41) is 22.7. The Labute approximate surface area is 120 Å². The minimum atomic E-state index is -1.16. The molecule has 8 nitrogen and oxygen atoms in total. The fourth-order valence-corrected chi connectivity index (χ4v) is 2.54. The molecule has 1 amide bonds. The van der Waals surface area contributed by atoms with Crippen molar-refractivity contribution in [1.29, 1.82) is 0 Å². The van der Waals surface area contributed by atoms with Crippen LogP contribution in [0.2, 0.25) is 0 Å². The zero-order valence-corrected chi connectivity index (χ0v) is 11.4. The SMILES string of the molecule is CNC(=O)C1CCCN1c1cc(C(=O)O)ccc1[N+](=O)[O-]. The van der Waals surface area contributed by atoms with Gasteiger partial charge in [-0.1, -0.05) is 0 Å². The first kappa shape index (κ1) is 14.8. The lowest BCUT2D eigenvalue weighted by Gasteiger charge is -2.25. The van der Waals surface area contributed by atoms with E-state index in [1.54, 1.807) is 4.90 Å². The molecule has 1 aromatic carbocycles. The van der Waals surface area contributed by atoms with Crippen LogP contribution < -0.4 is 10.2 Å². The molecule has 1 aromatic rings. The average molecular weight is 293 g/mol. The highest BCUT2D eigenvalue weighted by atomic mass is 16.6. The molecule has 2 N–H and O–H groups in total. The van der Waals surface area contributed by atoms with Gasteiger partial charge in [0.1, 0.15) is 11.7 Å². The van der Waals surface area contributed by atoms with Gasteiger partial charge in [0.15, 0.2) is 0 Å². The van der Waals surface area contributed by atoms with E-state index in [0.717, 1.165) is 6.07 Å². The molecular weight excluding hydrogens is 278 g/mol. The van der Waals surface area contributed by atoms with Crippen molar-refractivity contribution in [1.82, 2.24) is 5.32 Å². The molecule has 21 heavy (non-hydrogen) atoms. The fourth-order valence-electron chi connectivity index (χ4n) is 2.54. The molecule has 112 valence electrons. The highest BCUT2D eigenvalue weighted by molar-refractivity contribution is 5.92. The summed E-state index contributed by atoms with van der Waals surface area (Å²) in [7, 11) is 1.50. The van der Waals surface area contributed by atoms with Crippen molar-refractivity contribution >= 4 is 23.3 Å². The first-order valence-electron chi connectivity index (χ1n) is 6.45. The van der Waals surface area contributed by atoms with Crippen molar-refractivity contribution in [3.8, 4) is 0 Å². The summed E-state index contributed by atoms with van der Waals surface area (Å²) in [5.41, 5.74) is -0.0695. The van der Waals surface area contributed by atoms with E-state index in [1.165, 1.54) is 19.2 Å². The Morgan fingerprint density at radius 1 is 1.48 bits per heavy atom. The Hall–Kier alpha value is -2.64. The maximum Gasteiger partial charge on any atom is 0.335 e. The lowest BCUT2D eigenvalue weighted by molar-refractivity contribution is -0.384. The van der Waals surface area contributed by atoms with Crippen molar-refractivity contribution in [2.45, 2.75) is 18.9 Å². The van der Waals surface area contributed by atoms with E-state index in [4.69, 9.17) is 5.11 Å². The van der Waals surface area contributed by atoms with Gasteiger partial charge in [0.25, 0.3) is 5.69 Å². The van der Waals surface area contributed by atoms with Gasteiger partial charge in [0, 0.05) is 19.7 Å². The molecule has 0 aromatic heterocycles. The van der Waals surface area contributed by atoms with Crippen LogP contribution in [0.15, 0.2) is 18.2 Å². The van der Waals surface area contributed by atoms with Crippen LogP contribution in [0.3, 0.4) is 0 Å². The molecule has 0 radical (unpaired) electrons. The molecule has 1 aliphatic rings. The highest BCUT2D eigenvalue weighted by Crippen LogP contribution is 2.34. The number of benzene rings is 1. The largest absolute Gasteiger partial charge is 0.478 e. The predicted octanol–water partition coefficient (Wildman–Crippen LogP) is 1.01. The van der Waals surface area contributed by atoms with Gasteiger partial charge < -0.3 is 15.3 Å². The van der Waals surface area contributed by atoms with Gasteiger partial charge in [0.2, 0.25) is 5.91 Å². The van der Waals surface area contributed by atoms with E-state index < -0.39 is 16.9 Å². The number of nitro benzene ring substituents is 1. The average Bonchev–Trinajstić information content (AvgIpc) is 2.94. The van der Waals surface area contributed by atoms with Gasteiger partial charge in [-0.2, -0.15) is 0 Å². The number of carbonyl (C=O) groups is 2. The standard InChI is InChI=1S/C13H15N3O5/c1-14-12(17)10-3-2-6-15(10)11-7-8(13(18)19)4-5-9(11)16(20)21/h4-5,7,10H,2-3,6H2,1H3,(H,14,17)(H,18,19). The number of carboxylic acid groups (broad SMARTS) is 1. The molecule has 1 atom stereocenters. The van der Waals surface area contributed by atoms with Crippen LogP contribution >= 0.6 is 0 Å². The summed E-state index contributed by atoms with van der Waals surface area (Å²) in [6.07, 6.45) is 1.29. The molecule has 0 spiro atoms. The van der Waals surface area contributed by atoms with Gasteiger partial charge in [-0.25, -0.2) is 4.79 Å². The quantitative estimate of drug-likeness (QED) is 0.632. The van der Waals surface area contributed by atoms with Crippen LogP contribution in [-0.2, 0) is 4.79 Å². The Bertz CT molecular complexity index is 601. The van der Waals surface area contributed by atoms with Crippen molar-refractivity contribution < 1.29 is 19.6 Å². The molecule has 1 unspecified atom stereocenters. The summed E-state index contributed by atoms with van der Waals surface area (Å²) in [4.78, 5) is 35.1. The molecule has 8 heteroatoms. The summed E-state index contributed by atoms with van der Waals surface area (Å²) in [6, 6.07) is 3.09. The van der Waals surface area contributed by atoms with Crippen molar-refractivity contribution in [2.24, 2.45) is 0 Å². The lowest BCUT2D eigenvalue weighted by Crippen LogP contribution is -2.42. The van der Waals surface area contributed by atoms with Crippen LogP contribution in [-0.4, -0.2) is 41.5 Å². The van der Waals surface area contributed by atoms with Gasteiger partial charge in [-0.15, -0.1) is 0 Å². The first-order chi connectivity index (χ1) is 9.95. The van der Waals surface area contributed by atoms with Crippen LogP contribution in [0.1, 0.15) is 23.2 Å². The van der Waals surface area contributed by atoms with Gasteiger partial charge >= 0.3 is 5.97 Å². The minimum absolute atomic E-state index is 0.0434. The third-order valence-corrected chi connectivity index (χ3v) is 3.53. The third kappa shape index (κ3) is 2.78. The maximum atomic E-state index is 11.9. The number of carbonyl (C=O) groups excluding carboxylic acids is 1. The van der Waals surface area contributed by atoms with E-state index in [0.29, 0.717) is 19.4 Å². The molecule has 1 fully saturated rings. The topological polar surface area (TPSA) is 113 Å². The molecule has 0 saturated carbocycles. The second-order valence-electron chi connectivity index (χ2n) is 4.73. The van der Waals surface area contributed by atoms with Gasteiger partial charge in [-0.3, -0.25) is 14.9 Å². The normalized spacial score (nSPS) is 17.6. The molecule has 1 aliphatic heterocycles. The fraction of sp³-hybridized carbons (Fsp3) is 0.385. The number of likely N-dealkylation sites (N-methyl/N-ethyl adjacent to an activating group) is 1. The summed E-state index contributed by atoms with van der Waals surface area (Å²) >= 11 is 0.